The molecule has 1 aromatic rings. The van der Waals surface area contributed by atoms with Gasteiger partial charge >= 0.3 is 0 Å². The lowest BCUT2D eigenvalue weighted by molar-refractivity contribution is 0.163. The molecule has 0 saturated heterocycles. The topological polar surface area (TPSA) is 62.9 Å². The molecule has 100 valence electrons. The summed E-state index contributed by atoms with van der Waals surface area (Å²) in [5, 5.41) is 3.04. The average Bonchev–Trinajstić information content (AvgIpc) is 2.37. The lowest BCUT2D eigenvalue weighted by Gasteiger charge is -2.14. The predicted octanol–water partition coefficient (Wildman–Crippen LogP) is 0.991. The maximum atomic E-state index is 5.79. The van der Waals surface area contributed by atoms with Gasteiger partial charge in [-0.25, -0.2) is 0 Å². The zero-order valence-electron chi connectivity index (χ0n) is 11.1. The van der Waals surface area contributed by atoms with E-state index < -0.39 is 0 Å². The van der Waals surface area contributed by atoms with Crippen molar-refractivity contribution in [1.82, 2.24) is 4.90 Å². The molecule has 1 aromatic carbocycles. The third-order valence-corrected chi connectivity index (χ3v) is 2.49. The number of nitrogens with two attached hydrogens (primary N) is 1. The third kappa shape index (κ3) is 6.22. The first-order chi connectivity index (χ1) is 8.72. The van der Waals surface area contributed by atoms with Crippen LogP contribution in [0.5, 0.6) is 0 Å². The number of anilines is 1. The molecule has 0 heterocycles. The number of likely N-dealkylation sites (N-methyl/N-ethyl adjacent to an activating group) is 1. The van der Waals surface area contributed by atoms with Gasteiger partial charge in [-0.1, -0.05) is 18.2 Å². The van der Waals surface area contributed by atoms with Crippen molar-refractivity contribution in [2.75, 3.05) is 45.7 Å². The van der Waals surface area contributed by atoms with Gasteiger partial charge in [-0.2, -0.15) is 0 Å². The van der Waals surface area contributed by atoms with Gasteiger partial charge in [0, 0.05) is 25.9 Å². The van der Waals surface area contributed by atoms with Crippen LogP contribution in [0.1, 0.15) is 0 Å². The zero-order chi connectivity index (χ0) is 13.2. The van der Waals surface area contributed by atoms with Crippen LogP contribution in [0.15, 0.2) is 35.3 Å². The standard InChI is InChI=1S/C13H22N4O/c1-17(10-11-18-2)9-8-15-13(14)16-12-6-4-3-5-7-12/h3-7H,8-11H2,1-2H3,(H3,14,15,16). The molecule has 0 atom stereocenters. The molecule has 18 heavy (non-hydrogen) atoms. The number of guanidine groups is 1. The van der Waals surface area contributed by atoms with Crippen LogP contribution >= 0.6 is 0 Å². The number of para-hydroxylation sites is 1. The van der Waals surface area contributed by atoms with Crippen molar-refractivity contribution in [1.29, 1.82) is 0 Å². The first-order valence-electron chi connectivity index (χ1n) is 6.02. The number of nitrogens with zero attached hydrogens (tertiary/aromatic N) is 2. The van der Waals surface area contributed by atoms with Gasteiger partial charge in [0.25, 0.3) is 0 Å². The molecular formula is C13H22N4O. The highest BCUT2D eigenvalue weighted by atomic mass is 16.5. The quantitative estimate of drug-likeness (QED) is 0.559. The van der Waals surface area contributed by atoms with Gasteiger partial charge < -0.3 is 20.7 Å². The molecule has 0 unspecified atom stereocenters. The Bertz CT molecular complexity index is 353. The van der Waals surface area contributed by atoms with E-state index in [2.05, 4.69) is 15.2 Å². The Labute approximate surface area is 109 Å². The summed E-state index contributed by atoms with van der Waals surface area (Å²) in [7, 11) is 3.74. The van der Waals surface area contributed by atoms with Gasteiger partial charge in [-0.15, -0.1) is 0 Å². The van der Waals surface area contributed by atoms with Crippen LogP contribution in [0.2, 0.25) is 0 Å². The minimum atomic E-state index is 0.446. The fourth-order valence-corrected chi connectivity index (χ4v) is 1.41. The maximum Gasteiger partial charge on any atom is 0.193 e. The van der Waals surface area contributed by atoms with E-state index in [0.717, 1.165) is 25.4 Å². The van der Waals surface area contributed by atoms with Crippen LogP contribution in [0.3, 0.4) is 0 Å². The smallest absolute Gasteiger partial charge is 0.193 e. The summed E-state index contributed by atoms with van der Waals surface area (Å²) in [6, 6.07) is 9.77. The molecule has 5 nitrogen and oxygen atoms in total. The van der Waals surface area contributed by atoms with Crippen LogP contribution in [-0.2, 0) is 4.74 Å². The van der Waals surface area contributed by atoms with Crippen LogP contribution in [0, 0.1) is 0 Å². The summed E-state index contributed by atoms with van der Waals surface area (Å²) in [6.07, 6.45) is 0. The number of hydrogen-bond donors (Lipinski definition) is 2. The van der Waals surface area contributed by atoms with Gasteiger partial charge in [0.15, 0.2) is 5.96 Å². The van der Waals surface area contributed by atoms with E-state index in [9.17, 15) is 0 Å². The van der Waals surface area contributed by atoms with Crippen molar-refractivity contribution in [3.05, 3.63) is 30.3 Å². The molecule has 0 aliphatic carbocycles. The molecule has 0 saturated carbocycles. The Morgan fingerprint density at radius 3 is 2.72 bits per heavy atom. The SMILES string of the molecule is COCCN(C)CCN=C(N)Nc1ccccc1. The molecular weight excluding hydrogens is 228 g/mol. The van der Waals surface area contributed by atoms with Crippen LogP contribution in [0.4, 0.5) is 5.69 Å². The average molecular weight is 250 g/mol. The zero-order valence-corrected chi connectivity index (χ0v) is 11.1. The van der Waals surface area contributed by atoms with Crippen LogP contribution in [-0.4, -0.2) is 51.3 Å². The fourth-order valence-electron chi connectivity index (χ4n) is 1.41. The maximum absolute atomic E-state index is 5.79. The number of rotatable bonds is 7. The molecule has 0 aliphatic heterocycles. The second-order valence-electron chi connectivity index (χ2n) is 4.05. The fraction of sp³-hybridized carbons (Fsp3) is 0.462. The van der Waals surface area contributed by atoms with Gasteiger partial charge in [-0.05, 0) is 19.2 Å². The Hall–Kier alpha value is -1.59. The molecule has 0 fully saturated rings. The number of benzene rings is 1. The molecule has 1 rings (SSSR count). The van der Waals surface area contributed by atoms with Crippen LogP contribution < -0.4 is 11.1 Å². The number of nitrogens with one attached hydrogen (secondary N) is 1. The van der Waals surface area contributed by atoms with E-state index in [4.69, 9.17) is 10.5 Å². The molecule has 0 bridgehead atoms. The van der Waals surface area contributed by atoms with Crippen molar-refractivity contribution in [2.45, 2.75) is 0 Å². The van der Waals surface area contributed by atoms with Gasteiger partial charge in [-0.3, -0.25) is 4.99 Å². The van der Waals surface area contributed by atoms with E-state index in [1.807, 2.05) is 37.4 Å². The minimum absolute atomic E-state index is 0.446. The lowest BCUT2D eigenvalue weighted by atomic mass is 10.3. The third-order valence-electron chi connectivity index (χ3n) is 2.49. The second kappa shape index (κ2) is 8.49. The highest BCUT2D eigenvalue weighted by Crippen LogP contribution is 2.03. The highest BCUT2D eigenvalue weighted by Gasteiger charge is 1.97. The second-order valence-corrected chi connectivity index (χ2v) is 4.05. The van der Waals surface area contributed by atoms with Crippen molar-refractivity contribution >= 4 is 11.6 Å². The molecule has 0 radical (unpaired) electrons. The number of aliphatic imine (C=N–C) groups is 1. The monoisotopic (exact) mass is 250 g/mol. The van der Waals surface area contributed by atoms with Gasteiger partial charge in [0.05, 0.1) is 13.2 Å². The van der Waals surface area contributed by atoms with E-state index in [1.165, 1.54) is 0 Å². The number of hydrogen-bond acceptors (Lipinski definition) is 3. The molecule has 0 aliphatic rings. The van der Waals surface area contributed by atoms with E-state index in [1.54, 1.807) is 7.11 Å². The van der Waals surface area contributed by atoms with Crippen molar-refractivity contribution in [3.63, 3.8) is 0 Å². The molecule has 0 spiro atoms. The first kappa shape index (κ1) is 14.5. The van der Waals surface area contributed by atoms with E-state index in [-0.39, 0.29) is 0 Å². The van der Waals surface area contributed by atoms with Crippen molar-refractivity contribution < 1.29 is 4.74 Å². The highest BCUT2D eigenvalue weighted by molar-refractivity contribution is 5.92. The van der Waals surface area contributed by atoms with Gasteiger partial charge in [0.2, 0.25) is 0 Å². The summed E-state index contributed by atoms with van der Waals surface area (Å²) in [5.41, 5.74) is 6.74. The predicted molar refractivity (Wildman–Crippen MR) is 75.9 cm³/mol. The normalized spacial score (nSPS) is 11.8. The molecule has 5 heteroatoms. The van der Waals surface area contributed by atoms with Crippen molar-refractivity contribution in [2.24, 2.45) is 10.7 Å². The number of methoxy groups -OCH3 is 1. The largest absolute Gasteiger partial charge is 0.383 e. The van der Waals surface area contributed by atoms with Crippen molar-refractivity contribution in [3.8, 4) is 0 Å². The van der Waals surface area contributed by atoms with Crippen LogP contribution in [0.25, 0.3) is 0 Å². The summed E-state index contributed by atoms with van der Waals surface area (Å²) in [4.78, 5) is 6.42. The van der Waals surface area contributed by atoms with E-state index >= 15 is 0 Å². The minimum Gasteiger partial charge on any atom is -0.383 e. The van der Waals surface area contributed by atoms with E-state index in [0.29, 0.717) is 12.5 Å². The number of ether oxygens (including phenoxy) is 1. The summed E-state index contributed by atoms with van der Waals surface area (Å²) in [6.45, 7) is 3.17. The molecule has 0 amide bonds. The summed E-state index contributed by atoms with van der Waals surface area (Å²) in [5.74, 6) is 0.446. The first-order valence-corrected chi connectivity index (χ1v) is 6.02. The molecule has 0 aromatic heterocycles. The lowest BCUT2D eigenvalue weighted by Crippen LogP contribution is -2.28. The summed E-state index contributed by atoms with van der Waals surface area (Å²) < 4.78 is 5.00. The Morgan fingerprint density at radius 1 is 1.33 bits per heavy atom. The van der Waals surface area contributed by atoms with Gasteiger partial charge in [0.1, 0.15) is 0 Å². The Balaban J connectivity index is 2.25. The Morgan fingerprint density at radius 2 is 2.06 bits per heavy atom. The molecule has 3 N–H and O–H groups in total. The Kier molecular flexibility index (Phi) is 6.83. The summed E-state index contributed by atoms with van der Waals surface area (Å²) >= 11 is 0.